The average molecular weight is 373 g/mol. The van der Waals surface area contributed by atoms with E-state index < -0.39 is 17.5 Å². The molecule has 2 aromatic carbocycles. The molecule has 2 amide bonds. The van der Waals surface area contributed by atoms with Gasteiger partial charge in [0.15, 0.2) is 0 Å². The highest BCUT2D eigenvalue weighted by molar-refractivity contribution is 6.01. The minimum atomic E-state index is -0.868. The van der Waals surface area contributed by atoms with Crippen LogP contribution in [0.3, 0.4) is 0 Å². The van der Waals surface area contributed by atoms with Crippen LogP contribution in [0.1, 0.15) is 19.8 Å². The Morgan fingerprint density at radius 3 is 2.33 bits per heavy atom. The van der Waals surface area contributed by atoms with E-state index in [1.165, 1.54) is 24.7 Å². The third-order valence-electron chi connectivity index (χ3n) is 4.52. The van der Waals surface area contributed by atoms with E-state index in [4.69, 9.17) is 0 Å². The molecule has 2 aromatic rings. The van der Waals surface area contributed by atoms with E-state index >= 15 is 0 Å². The van der Waals surface area contributed by atoms with E-state index in [0.717, 1.165) is 30.9 Å². The van der Waals surface area contributed by atoms with Crippen molar-refractivity contribution in [2.75, 3.05) is 34.8 Å². The maximum atomic E-state index is 13.7. The van der Waals surface area contributed by atoms with Crippen molar-refractivity contribution in [3.8, 4) is 0 Å². The number of hydrogen-bond donors (Lipinski definition) is 1. The van der Waals surface area contributed by atoms with E-state index in [-0.39, 0.29) is 18.1 Å². The second-order valence-corrected chi connectivity index (χ2v) is 6.49. The fourth-order valence-corrected chi connectivity index (χ4v) is 3.13. The van der Waals surface area contributed by atoms with Gasteiger partial charge in [-0.3, -0.25) is 9.59 Å². The monoisotopic (exact) mass is 373 g/mol. The van der Waals surface area contributed by atoms with Crippen LogP contribution in [-0.4, -0.2) is 31.4 Å². The van der Waals surface area contributed by atoms with Crippen LogP contribution in [0.15, 0.2) is 42.5 Å². The normalized spacial score (nSPS) is 13.5. The van der Waals surface area contributed by atoms with Gasteiger partial charge in [0.05, 0.1) is 5.69 Å². The molecule has 0 bridgehead atoms. The maximum Gasteiger partial charge on any atom is 0.244 e. The molecule has 0 atom stereocenters. The summed E-state index contributed by atoms with van der Waals surface area (Å²) in [4.78, 5) is 27.8. The van der Waals surface area contributed by atoms with Gasteiger partial charge in [0.1, 0.15) is 18.2 Å². The van der Waals surface area contributed by atoms with E-state index in [1.807, 2.05) is 12.1 Å². The molecule has 3 rings (SSSR count). The van der Waals surface area contributed by atoms with Crippen LogP contribution < -0.4 is 15.1 Å². The van der Waals surface area contributed by atoms with Gasteiger partial charge in [-0.2, -0.15) is 0 Å². The standard InChI is InChI=1S/C20H21F2N3O2/c1-14(26)25(13-20(27)23-19-9-4-15(21)12-18(19)22)17-7-5-16(6-8-17)24-10-2-3-11-24/h4-9,12H,2-3,10-11,13H2,1H3,(H,23,27). The summed E-state index contributed by atoms with van der Waals surface area (Å²) in [5.74, 6) is -2.47. The highest BCUT2D eigenvalue weighted by Crippen LogP contribution is 2.24. The molecule has 0 aliphatic carbocycles. The Morgan fingerprint density at radius 2 is 1.74 bits per heavy atom. The van der Waals surface area contributed by atoms with Crippen molar-refractivity contribution in [1.82, 2.24) is 0 Å². The van der Waals surface area contributed by atoms with E-state index in [0.29, 0.717) is 11.8 Å². The summed E-state index contributed by atoms with van der Waals surface area (Å²) in [6.07, 6.45) is 2.34. The van der Waals surface area contributed by atoms with Crippen LogP contribution in [0.4, 0.5) is 25.8 Å². The van der Waals surface area contributed by atoms with Gasteiger partial charge in [0, 0.05) is 37.5 Å². The Balaban J connectivity index is 1.69. The summed E-state index contributed by atoms with van der Waals surface area (Å²) in [6.45, 7) is 3.12. The summed E-state index contributed by atoms with van der Waals surface area (Å²) in [7, 11) is 0. The molecule has 0 spiro atoms. The Bertz CT molecular complexity index is 834. The molecule has 0 saturated carbocycles. The largest absolute Gasteiger partial charge is 0.372 e. The van der Waals surface area contributed by atoms with E-state index in [1.54, 1.807) is 12.1 Å². The Hall–Kier alpha value is -2.96. The molecule has 1 fully saturated rings. The number of carbonyl (C=O) groups is 2. The lowest BCUT2D eigenvalue weighted by Gasteiger charge is -2.23. The molecule has 7 heteroatoms. The van der Waals surface area contributed by atoms with Gasteiger partial charge in [-0.05, 0) is 49.2 Å². The molecule has 1 aliphatic rings. The molecule has 142 valence electrons. The van der Waals surface area contributed by atoms with E-state index in [9.17, 15) is 18.4 Å². The van der Waals surface area contributed by atoms with Crippen molar-refractivity contribution in [2.45, 2.75) is 19.8 Å². The highest BCUT2D eigenvalue weighted by atomic mass is 19.1. The summed E-state index contributed by atoms with van der Waals surface area (Å²) in [6, 6.07) is 10.3. The molecule has 1 saturated heterocycles. The highest BCUT2D eigenvalue weighted by Gasteiger charge is 2.18. The number of amides is 2. The molecular formula is C20H21F2N3O2. The van der Waals surface area contributed by atoms with Crippen molar-refractivity contribution in [2.24, 2.45) is 0 Å². The second kappa shape index (κ2) is 8.16. The molecule has 27 heavy (non-hydrogen) atoms. The van der Waals surface area contributed by atoms with Gasteiger partial charge in [-0.1, -0.05) is 0 Å². The summed E-state index contributed by atoms with van der Waals surface area (Å²) in [5, 5.41) is 2.37. The average Bonchev–Trinajstić information content (AvgIpc) is 3.17. The van der Waals surface area contributed by atoms with Crippen molar-refractivity contribution >= 4 is 28.9 Å². The zero-order valence-electron chi connectivity index (χ0n) is 15.0. The van der Waals surface area contributed by atoms with Gasteiger partial charge >= 0.3 is 0 Å². The number of rotatable bonds is 5. The van der Waals surface area contributed by atoms with Gasteiger partial charge < -0.3 is 15.1 Å². The number of carbonyl (C=O) groups excluding carboxylic acids is 2. The van der Waals surface area contributed by atoms with Crippen LogP contribution in [0, 0.1) is 11.6 Å². The third kappa shape index (κ3) is 4.61. The van der Waals surface area contributed by atoms with Crippen LogP contribution >= 0.6 is 0 Å². The first-order valence-corrected chi connectivity index (χ1v) is 8.82. The zero-order chi connectivity index (χ0) is 19.4. The molecule has 5 nitrogen and oxygen atoms in total. The van der Waals surface area contributed by atoms with Gasteiger partial charge in [0.25, 0.3) is 0 Å². The smallest absolute Gasteiger partial charge is 0.244 e. The first-order valence-electron chi connectivity index (χ1n) is 8.82. The molecule has 0 unspecified atom stereocenters. The Labute approximate surface area is 156 Å². The minimum Gasteiger partial charge on any atom is -0.372 e. The van der Waals surface area contributed by atoms with Crippen LogP contribution in [-0.2, 0) is 9.59 Å². The van der Waals surface area contributed by atoms with Crippen LogP contribution in [0.5, 0.6) is 0 Å². The van der Waals surface area contributed by atoms with E-state index in [2.05, 4.69) is 10.2 Å². The minimum absolute atomic E-state index is 0.130. The first-order chi connectivity index (χ1) is 12.9. The van der Waals surface area contributed by atoms with Crippen molar-refractivity contribution < 1.29 is 18.4 Å². The van der Waals surface area contributed by atoms with Gasteiger partial charge in [0.2, 0.25) is 11.8 Å². The predicted molar refractivity (Wildman–Crippen MR) is 101 cm³/mol. The lowest BCUT2D eigenvalue weighted by atomic mass is 10.2. The van der Waals surface area contributed by atoms with Crippen molar-refractivity contribution in [3.63, 3.8) is 0 Å². The van der Waals surface area contributed by atoms with Crippen molar-refractivity contribution in [3.05, 3.63) is 54.1 Å². The molecular weight excluding hydrogens is 352 g/mol. The number of nitrogens with zero attached hydrogens (tertiary/aromatic N) is 2. The number of anilines is 3. The first kappa shape index (κ1) is 18.8. The zero-order valence-corrected chi connectivity index (χ0v) is 15.0. The van der Waals surface area contributed by atoms with Crippen molar-refractivity contribution in [1.29, 1.82) is 0 Å². The molecule has 1 aliphatic heterocycles. The Morgan fingerprint density at radius 1 is 1.07 bits per heavy atom. The third-order valence-corrected chi connectivity index (χ3v) is 4.52. The molecule has 0 radical (unpaired) electrons. The summed E-state index contributed by atoms with van der Waals surface area (Å²) < 4.78 is 26.6. The van der Waals surface area contributed by atoms with Gasteiger partial charge in [-0.15, -0.1) is 0 Å². The van der Waals surface area contributed by atoms with Gasteiger partial charge in [-0.25, -0.2) is 8.78 Å². The van der Waals surface area contributed by atoms with Crippen LogP contribution in [0.25, 0.3) is 0 Å². The lowest BCUT2D eigenvalue weighted by Crippen LogP contribution is -2.36. The molecule has 1 N–H and O–H groups in total. The SMILES string of the molecule is CC(=O)N(CC(=O)Nc1ccc(F)cc1F)c1ccc(N2CCCC2)cc1. The maximum absolute atomic E-state index is 13.7. The lowest BCUT2D eigenvalue weighted by molar-refractivity contribution is -0.120. The summed E-state index contributed by atoms with van der Waals surface area (Å²) >= 11 is 0. The topological polar surface area (TPSA) is 52.7 Å². The van der Waals surface area contributed by atoms with Crippen LogP contribution in [0.2, 0.25) is 0 Å². The summed E-state index contributed by atoms with van der Waals surface area (Å²) in [5.41, 5.74) is 1.53. The Kier molecular flexibility index (Phi) is 5.69. The quantitative estimate of drug-likeness (QED) is 0.872. The molecule has 1 heterocycles. The number of benzene rings is 2. The fraction of sp³-hybridized carbons (Fsp3) is 0.300. The number of halogens is 2. The fourth-order valence-electron chi connectivity index (χ4n) is 3.13. The second-order valence-electron chi connectivity index (χ2n) is 6.49. The number of nitrogens with one attached hydrogen (secondary N) is 1. The molecule has 0 aromatic heterocycles. The number of hydrogen-bond acceptors (Lipinski definition) is 3. The predicted octanol–water partition coefficient (Wildman–Crippen LogP) is 3.56.